The fourth-order valence-electron chi connectivity index (χ4n) is 2.89. The van der Waals surface area contributed by atoms with E-state index in [1.54, 1.807) is 24.3 Å². The van der Waals surface area contributed by atoms with Crippen LogP contribution in [0.5, 0.6) is 11.5 Å². The monoisotopic (exact) mass is 449 g/mol. The predicted molar refractivity (Wildman–Crippen MR) is 108 cm³/mol. The molecule has 2 aliphatic heterocycles. The first-order chi connectivity index (χ1) is 14.8. The van der Waals surface area contributed by atoms with Gasteiger partial charge in [0.1, 0.15) is 16.4 Å². The van der Waals surface area contributed by atoms with Crippen LogP contribution in [0.25, 0.3) is 6.08 Å². The third kappa shape index (κ3) is 4.24. The minimum Gasteiger partial charge on any atom is -0.506 e. The van der Waals surface area contributed by atoms with Crippen LogP contribution in [0.3, 0.4) is 0 Å². The minimum absolute atomic E-state index is 0.108. The maximum Gasteiger partial charge on any atom is 0.416 e. The van der Waals surface area contributed by atoms with E-state index in [0.717, 1.165) is 31.0 Å². The van der Waals surface area contributed by atoms with E-state index in [1.807, 2.05) is 0 Å². The number of esters is 1. The molecule has 0 aliphatic carbocycles. The van der Waals surface area contributed by atoms with E-state index in [1.165, 1.54) is 12.1 Å². The summed E-state index contributed by atoms with van der Waals surface area (Å²) >= 11 is 0.995. The molecule has 0 radical (unpaired) electrons. The molecule has 4 rings (SSSR count). The van der Waals surface area contributed by atoms with Crippen molar-refractivity contribution in [1.82, 2.24) is 0 Å². The Morgan fingerprint density at radius 2 is 1.87 bits per heavy atom. The molecular formula is C21H14F3NO5S. The maximum atomic E-state index is 12.8. The molecule has 2 aliphatic rings. The van der Waals surface area contributed by atoms with Crippen molar-refractivity contribution >= 4 is 34.5 Å². The number of aliphatic hydroxyl groups is 1. The average molecular weight is 449 g/mol. The molecule has 2 aromatic carbocycles. The van der Waals surface area contributed by atoms with Gasteiger partial charge in [-0.3, -0.25) is 0 Å². The fraction of sp³-hybridized carbons (Fsp3) is 0.143. The van der Waals surface area contributed by atoms with Gasteiger partial charge >= 0.3 is 12.1 Å². The second-order valence-electron chi connectivity index (χ2n) is 6.40. The summed E-state index contributed by atoms with van der Waals surface area (Å²) in [4.78, 5) is 16.8. The normalized spacial score (nSPS) is 18.2. The molecule has 31 heavy (non-hydrogen) atoms. The minimum atomic E-state index is -4.47. The topological polar surface area (TPSA) is 77.4 Å². The number of aliphatic hydroxyl groups excluding tert-OH is 1. The SMILES string of the molecule is COC(=O)C1=C(O)C(=Cc2ccc3c(c2)OCO3)SC1=Nc1ccc(C(F)(F)F)cc1. The number of hydrogen-bond acceptors (Lipinski definition) is 7. The Labute approximate surface area is 178 Å². The summed E-state index contributed by atoms with van der Waals surface area (Å²) < 4.78 is 53.6. The lowest BCUT2D eigenvalue weighted by atomic mass is 10.1. The van der Waals surface area contributed by atoms with E-state index < -0.39 is 17.7 Å². The first-order valence-electron chi connectivity index (χ1n) is 8.83. The van der Waals surface area contributed by atoms with Crippen LogP contribution in [0.4, 0.5) is 18.9 Å². The van der Waals surface area contributed by atoms with Crippen LogP contribution in [0.2, 0.25) is 0 Å². The molecule has 0 bridgehead atoms. The van der Waals surface area contributed by atoms with E-state index >= 15 is 0 Å². The van der Waals surface area contributed by atoms with Gasteiger partial charge in [0.25, 0.3) is 0 Å². The zero-order valence-corrected chi connectivity index (χ0v) is 16.7. The summed E-state index contributed by atoms with van der Waals surface area (Å²) in [6.45, 7) is 0.117. The van der Waals surface area contributed by atoms with Crippen LogP contribution in [-0.4, -0.2) is 30.0 Å². The molecule has 0 amide bonds. The van der Waals surface area contributed by atoms with Gasteiger partial charge in [-0.2, -0.15) is 13.2 Å². The van der Waals surface area contributed by atoms with Crippen molar-refractivity contribution in [3.05, 3.63) is 69.8 Å². The summed E-state index contributed by atoms with van der Waals surface area (Å²) in [6, 6.07) is 9.33. The number of alkyl halides is 3. The molecule has 0 saturated heterocycles. The van der Waals surface area contributed by atoms with Gasteiger partial charge in [-0.25, -0.2) is 9.79 Å². The molecule has 0 spiro atoms. The van der Waals surface area contributed by atoms with E-state index in [2.05, 4.69) is 4.99 Å². The van der Waals surface area contributed by atoms with Crippen LogP contribution < -0.4 is 9.47 Å². The number of rotatable bonds is 3. The number of methoxy groups -OCH3 is 1. The lowest BCUT2D eigenvalue weighted by Gasteiger charge is -2.06. The third-order valence-corrected chi connectivity index (χ3v) is 5.42. The second-order valence-corrected chi connectivity index (χ2v) is 7.43. The van der Waals surface area contributed by atoms with Crippen molar-refractivity contribution in [2.75, 3.05) is 13.9 Å². The quantitative estimate of drug-likeness (QED) is 0.646. The third-order valence-electron chi connectivity index (χ3n) is 4.40. The van der Waals surface area contributed by atoms with Gasteiger partial charge in [-0.1, -0.05) is 17.8 Å². The van der Waals surface area contributed by atoms with Gasteiger partial charge in [0, 0.05) is 0 Å². The van der Waals surface area contributed by atoms with Gasteiger partial charge < -0.3 is 19.3 Å². The molecule has 10 heteroatoms. The Kier molecular flexibility index (Phi) is 5.40. The highest BCUT2D eigenvalue weighted by Gasteiger charge is 2.33. The predicted octanol–water partition coefficient (Wildman–Crippen LogP) is 5.24. The van der Waals surface area contributed by atoms with E-state index in [4.69, 9.17) is 14.2 Å². The van der Waals surface area contributed by atoms with Crippen molar-refractivity contribution < 1.29 is 37.3 Å². The summed E-state index contributed by atoms with van der Waals surface area (Å²) in [5.74, 6) is -0.00151. The van der Waals surface area contributed by atoms with Crippen molar-refractivity contribution in [3.8, 4) is 11.5 Å². The number of thioether (sulfide) groups is 1. The van der Waals surface area contributed by atoms with Crippen LogP contribution in [0.15, 0.2) is 63.7 Å². The lowest BCUT2D eigenvalue weighted by molar-refractivity contribution is -0.137. The van der Waals surface area contributed by atoms with E-state index in [0.29, 0.717) is 22.0 Å². The van der Waals surface area contributed by atoms with E-state index in [-0.39, 0.29) is 28.9 Å². The molecule has 2 heterocycles. The number of halogens is 3. The van der Waals surface area contributed by atoms with Gasteiger partial charge in [-0.05, 0) is 48.0 Å². The first-order valence-corrected chi connectivity index (χ1v) is 9.65. The number of carbonyl (C=O) groups excluding carboxylic acids is 1. The molecular weight excluding hydrogens is 435 g/mol. The number of hydrogen-bond donors (Lipinski definition) is 1. The molecule has 2 aromatic rings. The van der Waals surface area contributed by atoms with Crippen molar-refractivity contribution in [2.24, 2.45) is 4.99 Å². The van der Waals surface area contributed by atoms with Gasteiger partial charge in [0.05, 0.1) is 23.3 Å². The van der Waals surface area contributed by atoms with Crippen molar-refractivity contribution in [2.45, 2.75) is 6.18 Å². The molecule has 160 valence electrons. The molecule has 0 unspecified atom stereocenters. The summed E-state index contributed by atoms with van der Waals surface area (Å²) in [5, 5.41) is 10.7. The Balaban J connectivity index is 1.69. The van der Waals surface area contributed by atoms with Gasteiger partial charge in [0.15, 0.2) is 11.5 Å². The molecule has 1 N–H and O–H groups in total. The van der Waals surface area contributed by atoms with Gasteiger partial charge in [0.2, 0.25) is 6.79 Å². The number of nitrogens with zero attached hydrogens (tertiary/aromatic N) is 1. The highest BCUT2D eigenvalue weighted by Crippen LogP contribution is 2.41. The number of fused-ring (bicyclic) bond motifs is 1. The Morgan fingerprint density at radius 3 is 2.55 bits per heavy atom. The molecule has 0 atom stereocenters. The number of benzene rings is 2. The Morgan fingerprint density at radius 1 is 1.16 bits per heavy atom. The summed E-state index contributed by atoms with van der Waals surface area (Å²) in [6.07, 6.45) is -2.84. The highest BCUT2D eigenvalue weighted by molar-refractivity contribution is 8.18. The second kappa shape index (κ2) is 8.03. The Hall–Kier alpha value is -3.40. The van der Waals surface area contributed by atoms with Crippen LogP contribution in [0, 0.1) is 0 Å². The number of carbonyl (C=O) groups is 1. The van der Waals surface area contributed by atoms with Gasteiger partial charge in [-0.15, -0.1) is 0 Å². The molecule has 0 saturated carbocycles. The van der Waals surface area contributed by atoms with Crippen molar-refractivity contribution in [3.63, 3.8) is 0 Å². The Bertz CT molecular complexity index is 1140. The lowest BCUT2D eigenvalue weighted by Crippen LogP contribution is -2.10. The van der Waals surface area contributed by atoms with Crippen molar-refractivity contribution in [1.29, 1.82) is 0 Å². The highest BCUT2D eigenvalue weighted by atomic mass is 32.2. The van der Waals surface area contributed by atoms with Crippen LogP contribution >= 0.6 is 11.8 Å². The maximum absolute atomic E-state index is 12.8. The number of ether oxygens (including phenoxy) is 3. The van der Waals surface area contributed by atoms with E-state index in [9.17, 15) is 23.1 Å². The standard InChI is InChI=1S/C21H14F3NO5S/c1-28-20(27)17-18(26)16(9-11-2-7-14-15(8-11)30-10-29-14)31-19(17)25-13-5-3-12(4-6-13)21(22,23)24/h2-9,26H,10H2,1H3. The fourth-order valence-corrected chi connectivity index (χ4v) is 3.92. The molecule has 6 nitrogen and oxygen atoms in total. The largest absolute Gasteiger partial charge is 0.506 e. The average Bonchev–Trinajstić information content (AvgIpc) is 3.31. The van der Waals surface area contributed by atoms with Crippen LogP contribution in [0.1, 0.15) is 11.1 Å². The smallest absolute Gasteiger partial charge is 0.416 e. The first kappa shape index (κ1) is 20.9. The molecule has 0 fully saturated rings. The molecule has 0 aromatic heterocycles. The zero-order chi connectivity index (χ0) is 22.2. The summed E-state index contributed by atoms with van der Waals surface area (Å²) in [7, 11) is 1.16. The zero-order valence-electron chi connectivity index (χ0n) is 15.9. The summed E-state index contributed by atoms with van der Waals surface area (Å²) in [5.41, 5.74) is -0.114. The number of aliphatic imine (C=N–C) groups is 1. The van der Waals surface area contributed by atoms with Crippen LogP contribution in [-0.2, 0) is 15.7 Å².